The fraction of sp³-hybridized carbons (Fsp3) is 0.746. The van der Waals surface area contributed by atoms with Crippen molar-refractivity contribution >= 4 is 101 Å². The number of likely N-dealkylation sites (N-methyl/N-ethyl adjacent to an activating group) is 2. The van der Waals surface area contributed by atoms with Gasteiger partial charge in [-0.1, -0.05) is 69.7 Å². The molecule has 0 aromatic heterocycles. The molecule has 2 amide bonds. The summed E-state index contributed by atoms with van der Waals surface area (Å²) < 4.78 is 87.4. The van der Waals surface area contributed by atoms with E-state index in [1.807, 2.05) is 42.3 Å². The smallest absolute Gasteiger partial charge is 0.463 e. The number of ether oxygens (including phenoxy) is 8. The second kappa shape index (κ2) is 32.3. The lowest BCUT2D eigenvalue weighted by Crippen LogP contribution is -2.50. The number of Topliss-reactive ketones (excluding diaryl/α,β-unsaturated/α-hetero) is 1. The molecule has 91 heavy (non-hydrogen) atoms. The molecule has 28 nitrogen and oxygen atoms in total. The molecule has 3 aliphatic rings. The topological polar surface area (TPSA) is 342 Å². The van der Waals surface area contributed by atoms with Crippen LogP contribution in [0.15, 0.2) is 12.2 Å². The number of alkyl halides is 2. The first kappa shape index (κ1) is 80.7. The van der Waals surface area contributed by atoms with Gasteiger partial charge in [0.25, 0.3) is 0 Å². The van der Waals surface area contributed by atoms with E-state index in [2.05, 4.69) is 43.7 Å². The lowest BCUT2D eigenvalue weighted by molar-refractivity contribution is -0.870. The van der Waals surface area contributed by atoms with Crippen LogP contribution in [0.2, 0.25) is 0 Å². The quantitative estimate of drug-likeness (QED) is 0.00985. The lowest BCUT2D eigenvalue weighted by atomic mass is 9.68. The van der Waals surface area contributed by atoms with Crippen LogP contribution >= 0.6 is 47.5 Å². The number of phosphoric acid groups is 2. The number of carbonyl (C=O) groups excluding carboxylic acids is 9. The Kier molecular flexibility index (Phi) is 28.7. The second-order valence-electron chi connectivity index (χ2n) is 27.1. The van der Waals surface area contributed by atoms with Crippen molar-refractivity contribution in [2.75, 3.05) is 135 Å². The predicted octanol–water partition coefficient (Wildman–Crippen LogP) is 4.41. The summed E-state index contributed by atoms with van der Waals surface area (Å²) in [7, 11) is 1.88. The zero-order valence-electron chi connectivity index (χ0n) is 54.6. The van der Waals surface area contributed by atoms with Crippen molar-refractivity contribution in [1.29, 1.82) is 0 Å². The van der Waals surface area contributed by atoms with Gasteiger partial charge in [0.2, 0.25) is 11.8 Å². The van der Waals surface area contributed by atoms with Crippen LogP contribution in [0, 0.1) is 58.2 Å². The number of phosphoric ester groups is 2. The van der Waals surface area contributed by atoms with Crippen LogP contribution in [0.5, 0.6) is 0 Å². The SMILES string of the molecule is C#CCOC(=O)C(C)(Br)CC(C)(CC(C)(C)C(=O)COC(C)(COC(=O)C(C)(C)CC(C)(CC(C)(Br)C(=O)OCC#C)C(=O)OCCOP(=O)(O)OCC[N+](C)(C)C)C(=O)OCCN1C(=O)C2C3C=CC(O3)C2C1=O)C(=O)OCCOP(=O)(O)OCC[N+](C)(C)C. The fourth-order valence-electron chi connectivity index (χ4n) is 10.5. The van der Waals surface area contributed by atoms with Crippen LogP contribution in [-0.4, -0.2) is 238 Å². The predicted molar refractivity (Wildman–Crippen MR) is 330 cm³/mol. The molecule has 2 fully saturated rings. The average Bonchev–Trinajstić information content (AvgIpc) is 1.60. The van der Waals surface area contributed by atoms with Crippen LogP contribution in [0.25, 0.3) is 0 Å². The van der Waals surface area contributed by atoms with Crippen molar-refractivity contribution < 1.29 is 127 Å². The van der Waals surface area contributed by atoms with Gasteiger partial charge in [-0.05, 0) is 74.1 Å². The molecule has 11 atom stereocenters. The van der Waals surface area contributed by atoms with Gasteiger partial charge in [0.15, 0.2) is 24.6 Å². The number of ketones is 1. The Morgan fingerprint density at radius 2 is 0.934 bits per heavy atom. The Balaban J connectivity index is 1.95. The normalized spacial score (nSPS) is 22.0. The largest absolute Gasteiger partial charge is 0.472 e. The molecule has 0 aromatic carbocycles. The number of nitrogens with zero attached hydrogens (tertiary/aromatic N) is 3. The van der Waals surface area contributed by atoms with E-state index in [0.29, 0.717) is 22.1 Å². The Bertz CT molecular complexity index is 2710. The van der Waals surface area contributed by atoms with E-state index in [4.69, 9.17) is 68.8 Å². The molecule has 0 spiro atoms. The number of imide groups is 1. The summed E-state index contributed by atoms with van der Waals surface area (Å²) in [5, 5.41) is 0. The first-order valence-electron chi connectivity index (χ1n) is 29.0. The minimum atomic E-state index is -4.59. The van der Waals surface area contributed by atoms with Gasteiger partial charge in [-0.15, -0.1) is 12.8 Å². The number of amides is 2. The molecule has 0 radical (unpaired) electrons. The first-order valence-corrected chi connectivity index (χ1v) is 33.6. The zero-order valence-corrected chi connectivity index (χ0v) is 59.6. The van der Waals surface area contributed by atoms with Gasteiger partial charge >= 0.3 is 51.5 Å². The molecule has 3 rings (SSSR count). The van der Waals surface area contributed by atoms with Crippen LogP contribution in [0.1, 0.15) is 88.0 Å². The summed E-state index contributed by atoms with van der Waals surface area (Å²) in [4.78, 5) is 147. The molecular weight excluding hydrogens is 1370 g/mol. The van der Waals surface area contributed by atoms with Gasteiger partial charge < -0.3 is 56.6 Å². The number of fused-ring (bicyclic) bond motifs is 5. The van der Waals surface area contributed by atoms with E-state index >= 15 is 0 Å². The molecule has 3 heterocycles. The highest BCUT2D eigenvalue weighted by Crippen LogP contribution is 2.49. The van der Waals surface area contributed by atoms with E-state index in [1.165, 1.54) is 55.4 Å². The highest BCUT2D eigenvalue weighted by Gasteiger charge is 2.61. The molecule has 2 bridgehead atoms. The number of hydrogen-bond acceptors (Lipinski definition) is 23. The molecule has 2 saturated heterocycles. The molecular formula is C59H91Br2N3O25P2+2. The van der Waals surface area contributed by atoms with E-state index in [1.54, 1.807) is 12.2 Å². The van der Waals surface area contributed by atoms with Crippen molar-refractivity contribution in [2.24, 2.45) is 33.5 Å². The molecule has 0 aliphatic carbocycles. The van der Waals surface area contributed by atoms with Gasteiger partial charge in [0, 0.05) is 5.41 Å². The first-order chi connectivity index (χ1) is 41.5. The van der Waals surface area contributed by atoms with Gasteiger partial charge in [-0.3, -0.25) is 61.4 Å². The molecule has 0 saturated carbocycles. The third kappa shape index (κ3) is 24.3. The van der Waals surface area contributed by atoms with E-state index < -0.39 is 221 Å². The number of esters is 6. The van der Waals surface area contributed by atoms with E-state index in [9.17, 15) is 62.1 Å². The molecule has 0 aromatic rings. The standard InChI is InChI=1S/C59H89Br2N3O25P2/c1-18-25-78-50(71)57(9,60)37-55(7,48(69)81-30-32-87-90(74,75)85-28-23-63(12,13)14)35-53(3,4)42(65)34-84-59(11,52(73)80-27-22-62-45(66)43-40-20-21-41(89-40)44(43)46(62)67)39-83-47(68)54(5,6)36-56(8,38-58(10,61)51(72)79-26-19-2)49(70)82-31-33-88-91(76,77)86-29-24-64(15,16)17/h1-2,20-21,40-41,43-44H,22-39H2,3-17H3/p+2. The van der Waals surface area contributed by atoms with Crippen molar-refractivity contribution in [2.45, 2.75) is 114 Å². The Morgan fingerprint density at radius 1 is 0.549 bits per heavy atom. The van der Waals surface area contributed by atoms with Crippen molar-refractivity contribution in [3.8, 4) is 24.7 Å². The monoisotopic (exact) mass is 1460 g/mol. The summed E-state index contributed by atoms with van der Waals surface area (Å²) in [6.45, 7) is 6.64. The summed E-state index contributed by atoms with van der Waals surface area (Å²) in [6, 6.07) is 0. The summed E-state index contributed by atoms with van der Waals surface area (Å²) in [5.74, 6) is -5.06. The zero-order chi connectivity index (χ0) is 69.6. The average molecular weight is 1460 g/mol. The van der Waals surface area contributed by atoms with Crippen LogP contribution in [0.4, 0.5) is 0 Å². The van der Waals surface area contributed by atoms with Gasteiger partial charge in [-0.25, -0.2) is 13.9 Å². The summed E-state index contributed by atoms with van der Waals surface area (Å²) in [6.07, 6.45) is 11.2. The molecule has 11 unspecified atom stereocenters. The number of carbonyl (C=O) groups is 9. The fourth-order valence-corrected chi connectivity index (χ4v) is 13.3. The second-order valence-corrected chi connectivity index (χ2v) is 33.5. The minimum absolute atomic E-state index is 0.132. The number of quaternary nitrogens is 2. The Labute approximate surface area is 549 Å². The summed E-state index contributed by atoms with van der Waals surface area (Å²) >= 11 is 6.68. The molecule has 514 valence electrons. The van der Waals surface area contributed by atoms with Crippen LogP contribution in [0.3, 0.4) is 0 Å². The third-order valence-electron chi connectivity index (χ3n) is 15.0. The van der Waals surface area contributed by atoms with Gasteiger partial charge in [0.1, 0.15) is 68.0 Å². The Morgan fingerprint density at radius 3 is 1.33 bits per heavy atom. The van der Waals surface area contributed by atoms with Gasteiger partial charge in [-0.2, -0.15) is 0 Å². The third-order valence-corrected chi connectivity index (χ3v) is 18.2. The minimum Gasteiger partial charge on any atom is -0.463 e. The number of terminal acetylenes is 2. The maximum atomic E-state index is 14.6. The number of halogens is 2. The lowest BCUT2D eigenvalue weighted by Gasteiger charge is -2.39. The molecule has 32 heteroatoms. The van der Waals surface area contributed by atoms with Crippen molar-refractivity contribution in [3.05, 3.63) is 12.2 Å². The maximum absolute atomic E-state index is 14.6. The van der Waals surface area contributed by atoms with E-state index in [-0.39, 0.29) is 13.2 Å². The number of likely N-dealkylation sites (tertiary alicyclic amines) is 1. The number of rotatable bonds is 41. The van der Waals surface area contributed by atoms with Crippen molar-refractivity contribution in [1.82, 2.24) is 4.90 Å². The molecule has 2 N–H and O–H groups in total. The maximum Gasteiger partial charge on any atom is 0.472 e. The van der Waals surface area contributed by atoms with E-state index in [0.717, 1.165) is 11.8 Å². The highest BCUT2D eigenvalue weighted by atomic mass is 79.9. The van der Waals surface area contributed by atoms with Crippen molar-refractivity contribution in [3.63, 3.8) is 0 Å². The number of hydrogen-bond donors (Lipinski definition) is 2. The van der Waals surface area contributed by atoms with Crippen LogP contribution < -0.4 is 0 Å². The molecule has 3 aliphatic heterocycles. The Hall–Kier alpha value is -4.49. The van der Waals surface area contributed by atoms with Gasteiger partial charge in [0.05, 0.1) is 102 Å². The summed E-state index contributed by atoms with van der Waals surface area (Å²) in [5.41, 5.74) is -9.33. The highest BCUT2D eigenvalue weighted by molar-refractivity contribution is 9.10. The van der Waals surface area contributed by atoms with Crippen LogP contribution in [-0.2, 0) is 108 Å².